The zero-order valence-electron chi connectivity index (χ0n) is 31.2. The van der Waals surface area contributed by atoms with Crippen molar-refractivity contribution in [3.05, 3.63) is 17.5 Å². The lowest BCUT2D eigenvalue weighted by atomic mass is 9.85. The smallest absolute Gasteiger partial charge is 0.349 e. The molecule has 1 aliphatic carbocycles. The number of halogens is 3. The Morgan fingerprint density at radius 1 is 1.06 bits per heavy atom. The second-order valence-electron chi connectivity index (χ2n) is 15.5. The highest BCUT2D eigenvalue weighted by Gasteiger charge is 2.70. The fourth-order valence-electron chi connectivity index (χ4n) is 6.73. The van der Waals surface area contributed by atoms with Crippen LogP contribution in [0.5, 0.6) is 0 Å². The number of alkyl halides is 3. The Bertz CT molecular complexity index is 1580. The lowest BCUT2D eigenvalue weighted by Gasteiger charge is -2.38. The molecule has 1 aliphatic heterocycles. The van der Waals surface area contributed by atoms with Gasteiger partial charge in [-0.1, -0.05) is 67.9 Å². The summed E-state index contributed by atoms with van der Waals surface area (Å²) in [6.07, 6.45) is -5.25. The van der Waals surface area contributed by atoms with Crippen molar-refractivity contribution in [2.24, 2.45) is 28.6 Å². The zero-order valence-corrected chi connectivity index (χ0v) is 32.9. The van der Waals surface area contributed by atoms with E-state index in [9.17, 15) is 45.6 Å². The van der Waals surface area contributed by atoms with Crippen molar-refractivity contribution in [1.82, 2.24) is 30.5 Å². The Balaban J connectivity index is 1.78. The molecule has 13 nitrogen and oxygen atoms in total. The SMILES string of the molecule is CCC(NC(=O)[C@@H]1[C@@H]2[C@H](CN1C(=O)[C@@H](NC(=O)N[C@H](CN(C)S(=O)(=O)c1cccs1)[C@@H](C)CC)C(C)(C)C)C2(C)C)C(=O)C(=O)NCCC(F)(F)F. The average molecular weight is 779 g/mol. The topological polar surface area (TPSA) is 174 Å². The first-order chi connectivity index (χ1) is 23.9. The van der Waals surface area contributed by atoms with Crippen LogP contribution in [0.1, 0.15) is 74.7 Å². The molecule has 0 spiro atoms. The number of likely N-dealkylation sites (tertiary alicyclic amines) is 1. The van der Waals surface area contributed by atoms with E-state index in [4.69, 9.17) is 0 Å². The predicted octanol–water partition coefficient (Wildman–Crippen LogP) is 3.51. The minimum absolute atomic E-state index is 0.0249. The molecule has 2 aliphatic rings. The van der Waals surface area contributed by atoms with Crippen LogP contribution < -0.4 is 21.3 Å². The molecule has 1 saturated heterocycles. The molecule has 18 heteroatoms. The number of thiophene rings is 1. The molecule has 1 aromatic heterocycles. The van der Waals surface area contributed by atoms with Crippen LogP contribution in [0.15, 0.2) is 21.7 Å². The maximum atomic E-state index is 14.3. The second-order valence-corrected chi connectivity index (χ2v) is 18.7. The molecule has 1 aromatic rings. The van der Waals surface area contributed by atoms with Gasteiger partial charge in [-0.3, -0.25) is 19.2 Å². The van der Waals surface area contributed by atoms with E-state index in [2.05, 4.69) is 16.0 Å². The molecular weight excluding hydrogens is 726 g/mol. The monoisotopic (exact) mass is 778 g/mol. The molecule has 2 heterocycles. The molecule has 294 valence electrons. The Morgan fingerprint density at radius 2 is 1.69 bits per heavy atom. The maximum absolute atomic E-state index is 14.3. The number of nitrogens with one attached hydrogen (secondary N) is 4. The van der Waals surface area contributed by atoms with Crippen molar-refractivity contribution >= 4 is 50.9 Å². The predicted molar refractivity (Wildman–Crippen MR) is 189 cm³/mol. The van der Waals surface area contributed by atoms with Crippen molar-refractivity contribution in [3.8, 4) is 0 Å². The average Bonchev–Trinajstić information content (AvgIpc) is 3.50. The van der Waals surface area contributed by atoms with Crippen LogP contribution >= 0.6 is 11.3 Å². The zero-order chi connectivity index (χ0) is 39.6. The molecule has 3 rings (SSSR count). The van der Waals surface area contributed by atoms with Crippen LogP contribution in [0.25, 0.3) is 0 Å². The van der Waals surface area contributed by atoms with Crippen molar-refractivity contribution in [1.29, 1.82) is 0 Å². The van der Waals surface area contributed by atoms with Gasteiger partial charge in [0.25, 0.3) is 15.9 Å². The Kier molecular flexibility index (Phi) is 13.6. The Morgan fingerprint density at radius 3 is 2.21 bits per heavy atom. The first-order valence-electron chi connectivity index (χ1n) is 17.4. The molecule has 4 N–H and O–H groups in total. The number of hydrogen-bond acceptors (Lipinski definition) is 8. The molecule has 52 heavy (non-hydrogen) atoms. The molecule has 1 saturated carbocycles. The number of carbonyl (C=O) groups excluding carboxylic acids is 5. The fraction of sp³-hybridized carbons (Fsp3) is 0.735. The third kappa shape index (κ3) is 10.0. The van der Waals surface area contributed by atoms with E-state index < -0.39 is 88.3 Å². The number of amides is 5. The van der Waals surface area contributed by atoms with Gasteiger partial charge in [-0.15, -0.1) is 11.3 Å². The largest absolute Gasteiger partial charge is 0.390 e. The van der Waals surface area contributed by atoms with Crippen molar-refractivity contribution < 1.29 is 45.6 Å². The van der Waals surface area contributed by atoms with E-state index >= 15 is 0 Å². The first kappa shape index (κ1) is 43.2. The van der Waals surface area contributed by atoms with Gasteiger partial charge in [0, 0.05) is 32.7 Å². The Labute approximate surface area is 308 Å². The van der Waals surface area contributed by atoms with Crippen LogP contribution in [0.4, 0.5) is 18.0 Å². The van der Waals surface area contributed by atoms with Gasteiger partial charge in [0.1, 0.15) is 16.3 Å². The number of ketones is 1. The second kappa shape index (κ2) is 16.4. The normalized spacial score (nSPS) is 22.1. The summed E-state index contributed by atoms with van der Waals surface area (Å²) in [5.41, 5.74) is -1.17. The third-order valence-electron chi connectivity index (χ3n) is 10.4. The van der Waals surface area contributed by atoms with Crippen LogP contribution in [0.3, 0.4) is 0 Å². The standard InChI is InChI=1S/C34H53F3N6O7S2/c1-10-19(3)22(18-42(9)52(49,50)23-13-12-16-51-23)40-31(48)41-27(32(4,5)6)30(47)43-17-20-24(33(20,7)8)25(43)28(45)39-21(11-2)26(44)29(46)38-15-14-34(35,36)37/h12-13,16,19-22,24-25,27H,10-11,14-15,17-18H2,1-9H3,(H,38,46)(H,39,45)(H2,40,41,48)/t19-,20-,21?,22+,24-,25-,27+/m0/s1. The van der Waals surface area contributed by atoms with Gasteiger partial charge in [0.05, 0.1) is 12.5 Å². The first-order valence-corrected chi connectivity index (χ1v) is 19.8. The highest BCUT2D eigenvalue weighted by atomic mass is 32.2. The number of rotatable bonds is 16. The van der Waals surface area contributed by atoms with E-state index in [0.29, 0.717) is 6.42 Å². The summed E-state index contributed by atoms with van der Waals surface area (Å²) in [5, 5.41) is 11.8. The van der Waals surface area contributed by atoms with E-state index in [-0.39, 0.29) is 46.9 Å². The van der Waals surface area contributed by atoms with Gasteiger partial charge in [0.15, 0.2) is 0 Å². The molecule has 0 aromatic carbocycles. The number of carbonyl (C=O) groups is 5. The van der Waals surface area contributed by atoms with Crippen LogP contribution in [-0.4, -0.2) is 104 Å². The van der Waals surface area contributed by atoms with Gasteiger partial charge >= 0.3 is 12.2 Å². The molecule has 2 fully saturated rings. The summed E-state index contributed by atoms with van der Waals surface area (Å²) in [5.74, 6) is -4.05. The number of likely N-dealkylation sites (N-methyl/N-ethyl adjacent to an activating group) is 1. The van der Waals surface area contributed by atoms with Gasteiger partial charge in [-0.05, 0) is 46.5 Å². The lowest BCUT2D eigenvalue weighted by molar-refractivity contribution is -0.146. The van der Waals surface area contributed by atoms with Crippen LogP contribution in [0.2, 0.25) is 0 Å². The maximum Gasteiger partial charge on any atom is 0.390 e. The summed E-state index contributed by atoms with van der Waals surface area (Å²) in [7, 11) is -2.36. The van der Waals surface area contributed by atoms with Gasteiger partial charge in [-0.2, -0.15) is 17.5 Å². The number of sulfonamides is 1. The quantitative estimate of drug-likeness (QED) is 0.186. The van der Waals surface area contributed by atoms with Gasteiger partial charge in [-0.25, -0.2) is 13.2 Å². The molecule has 0 bridgehead atoms. The van der Waals surface area contributed by atoms with Crippen LogP contribution in [0, 0.1) is 28.6 Å². The van der Waals surface area contributed by atoms with E-state index in [1.54, 1.807) is 32.2 Å². The minimum atomic E-state index is -4.53. The highest BCUT2D eigenvalue weighted by molar-refractivity contribution is 7.91. The molecule has 7 atom stereocenters. The summed E-state index contributed by atoms with van der Waals surface area (Å²) >= 11 is 1.09. The molecular formula is C34H53F3N6O7S2. The number of hydrogen-bond donors (Lipinski definition) is 4. The number of Topliss-reactive ketones (excluding diaryl/α,β-unsaturated/α-hetero) is 1. The van der Waals surface area contributed by atoms with Crippen molar-refractivity contribution in [2.75, 3.05) is 26.7 Å². The number of urea groups is 1. The van der Waals surface area contributed by atoms with E-state index in [1.165, 1.54) is 29.2 Å². The minimum Gasteiger partial charge on any atom is -0.349 e. The third-order valence-corrected chi connectivity index (χ3v) is 13.6. The highest BCUT2D eigenvalue weighted by Crippen LogP contribution is 2.65. The van der Waals surface area contributed by atoms with E-state index in [0.717, 1.165) is 11.3 Å². The van der Waals surface area contributed by atoms with E-state index in [1.807, 2.05) is 33.0 Å². The lowest BCUT2D eigenvalue weighted by Crippen LogP contribution is -2.62. The van der Waals surface area contributed by atoms with Crippen LogP contribution in [-0.2, 0) is 29.2 Å². The number of piperidine rings is 1. The number of fused-ring (bicyclic) bond motifs is 1. The van der Waals surface area contributed by atoms with Gasteiger partial charge < -0.3 is 26.2 Å². The van der Waals surface area contributed by atoms with Gasteiger partial charge in [0.2, 0.25) is 17.6 Å². The number of nitrogens with zero attached hydrogens (tertiary/aromatic N) is 2. The fourth-order valence-corrected chi connectivity index (χ4v) is 9.13. The van der Waals surface area contributed by atoms with Crippen molar-refractivity contribution in [3.63, 3.8) is 0 Å². The summed E-state index contributed by atoms with van der Waals surface area (Å²) in [6, 6.07) is -1.67. The van der Waals surface area contributed by atoms with Crippen molar-refractivity contribution in [2.45, 2.75) is 109 Å². The summed E-state index contributed by atoms with van der Waals surface area (Å²) < 4.78 is 65.2. The Hall–Kier alpha value is -3.25. The molecule has 5 amide bonds. The molecule has 0 radical (unpaired) electrons. The molecule has 1 unspecified atom stereocenters. The summed E-state index contributed by atoms with van der Waals surface area (Å²) in [4.78, 5) is 68.3. The summed E-state index contributed by atoms with van der Waals surface area (Å²) in [6.45, 7) is 13.9.